The maximum absolute atomic E-state index is 14.9. The molecule has 0 radical (unpaired) electrons. The molecule has 4 aromatic rings. The van der Waals surface area contributed by atoms with Gasteiger partial charge in [-0.1, -0.05) is 18.2 Å². The maximum atomic E-state index is 14.9. The first-order valence-electron chi connectivity index (χ1n) is 13.9. The molecule has 0 fully saturated rings. The third-order valence-electron chi connectivity index (χ3n) is 7.49. The fraction of sp³-hybridized carbons (Fsp3) is 0.156. The van der Waals surface area contributed by atoms with E-state index in [1.54, 1.807) is 0 Å². The molecule has 3 amide bonds. The minimum Gasteiger partial charge on any atom is -0.374 e. The van der Waals surface area contributed by atoms with Gasteiger partial charge in [-0.2, -0.15) is 0 Å². The smallest absolute Gasteiger partial charge is 0.251 e. The van der Waals surface area contributed by atoms with Crippen LogP contribution in [-0.2, 0) is 26.2 Å². The van der Waals surface area contributed by atoms with Crippen molar-refractivity contribution in [2.24, 2.45) is 0 Å². The third kappa shape index (κ3) is 6.57. The molecule has 0 saturated heterocycles. The van der Waals surface area contributed by atoms with E-state index in [4.69, 9.17) is 0 Å². The van der Waals surface area contributed by atoms with E-state index in [9.17, 15) is 54.6 Å². The van der Waals surface area contributed by atoms with Crippen LogP contribution in [-0.4, -0.2) is 22.8 Å². The van der Waals surface area contributed by atoms with Crippen LogP contribution in [0, 0.1) is 46.5 Å². The highest BCUT2D eigenvalue weighted by Gasteiger charge is 2.28. The molecule has 4 aliphatic heterocycles. The number of aliphatic hydroxyl groups is 1. The molecule has 8 rings (SSSR count). The van der Waals surface area contributed by atoms with E-state index in [0.717, 1.165) is 24.3 Å². The zero-order valence-corrected chi connectivity index (χ0v) is 24.2. The minimum absolute atomic E-state index is 0.102. The van der Waals surface area contributed by atoms with Crippen molar-refractivity contribution in [1.29, 1.82) is 0 Å². The van der Waals surface area contributed by atoms with Gasteiger partial charge in [0, 0.05) is 65.1 Å². The van der Waals surface area contributed by atoms with E-state index in [1.807, 2.05) is 0 Å². The molecule has 4 heterocycles. The Morgan fingerprint density at radius 2 is 0.792 bits per heavy atom. The summed E-state index contributed by atoms with van der Waals surface area (Å²) >= 11 is 0. The van der Waals surface area contributed by atoms with E-state index in [1.165, 1.54) is 24.3 Å². The van der Waals surface area contributed by atoms with Gasteiger partial charge in [-0.3, -0.25) is 19.7 Å². The average Bonchev–Trinajstić information content (AvgIpc) is 3.09. The quantitative estimate of drug-likeness (QED) is 0.137. The molecule has 4 aromatic carbocycles. The van der Waals surface area contributed by atoms with Crippen LogP contribution in [0.4, 0.5) is 35.1 Å². The number of nitrogens with one attached hydrogen (secondary N) is 4. The molecule has 0 saturated carbocycles. The number of halogens is 8. The lowest BCUT2D eigenvalue weighted by Gasteiger charge is -2.17. The lowest BCUT2D eigenvalue weighted by Crippen LogP contribution is -2.28. The zero-order chi connectivity index (χ0) is 34.9. The van der Waals surface area contributed by atoms with Gasteiger partial charge in [0.15, 0.2) is 46.5 Å². The molecule has 0 spiro atoms. The van der Waals surface area contributed by atoms with Gasteiger partial charge in [0.25, 0.3) is 17.7 Å². The summed E-state index contributed by atoms with van der Waals surface area (Å²) in [4.78, 5) is 38.1. The molecule has 4 aliphatic rings. The molecule has 5 N–H and O–H groups in total. The number of rotatable bonds is 0. The molecule has 48 heavy (non-hydrogen) atoms. The van der Waals surface area contributed by atoms with E-state index < -0.39 is 119 Å². The SMILES string of the molecule is O=C1NCc2c(F)c(F)c(c(F)c2F)CNC(=O)c2cccc(c2)C(O)NCc2c(F)c(F)c(c(F)c2F)CNC(=O)c2cccc1c2. The van der Waals surface area contributed by atoms with Crippen LogP contribution in [0.1, 0.15) is 65.1 Å². The Bertz CT molecular complexity index is 1920. The number of aliphatic hydroxyl groups excluding tert-OH is 1. The predicted molar refractivity (Wildman–Crippen MR) is 151 cm³/mol. The summed E-state index contributed by atoms with van der Waals surface area (Å²) in [6.07, 6.45) is -1.78. The van der Waals surface area contributed by atoms with Gasteiger partial charge in [-0.15, -0.1) is 0 Å². The topological polar surface area (TPSA) is 120 Å². The average molecular weight is 679 g/mol. The second-order valence-electron chi connectivity index (χ2n) is 10.5. The Morgan fingerprint density at radius 1 is 0.479 bits per heavy atom. The Balaban J connectivity index is 1.52. The van der Waals surface area contributed by atoms with E-state index in [0.29, 0.717) is 0 Å². The van der Waals surface area contributed by atoms with Crippen molar-refractivity contribution >= 4 is 17.7 Å². The number of carbonyl (C=O) groups excluding carboxylic acids is 3. The number of hydrogen-bond donors (Lipinski definition) is 5. The molecule has 250 valence electrons. The standard InChI is InChI=1S/C32H22F8N4O4/c33-21-17-9-41-29(45)13-3-1-4-14(7-13)30(46)42-10-18-23(35)27(39)20(28(40)24(18)36)12-44-32(48)16-6-2-5-15(8-16)31(47)43-11-19(25(21)37)26(38)22(17)34/h1-8,29,41,45H,9-12H2,(H,42,46)(H,43,47)(H,44,48). The van der Waals surface area contributed by atoms with Crippen LogP contribution < -0.4 is 21.3 Å². The van der Waals surface area contributed by atoms with Crippen molar-refractivity contribution in [1.82, 2.24) is 21.3 Å². The summed E-state index contributed by atoms with van der Waals surface area (Å²) in [5.74, 6) is -17.8. The first kappa shape index (κ1) is 34.0. The molecule has 8 nitrogen and oxygen atoms in total. The molecular formula is C32H22F8N4O4. The van der Waals surface area contributed by atoms with Gasteiger partial charge in [-0.25, -0.2) is 35.1 Å². The predicted octanol–water partition coefficient (Wildman–Crippen LogP) is 4.68. The molecule has 0 aromatic heterocycles. The number of benzene rings is 4. The third-order valence-corrected chi connectivity index (χ3v) is 7.49. The second-order valence-corrected chi connectivity index (χ2v) is 10.5. The van der Waals surface area contributed by atoms with Crippen LogP contribution >= 0.6 is 0 Å². The Morgan fingerprint density at radius 3 is 1.17 bits per heavy atom. The van der Waals surface area contributed by atoms with Crippen molar-refractivity contribution in [3.8, 4) is 0 Å². The van der Waals surface area contributed by atoms with Gasteiger partial charge in [0.05, 0.1) is 0 Å². The van der Waals surface area contributed by atoms with Crippen LogP contribution in [0.15, 0.2) is 48.5 Å². The largest absolute Gasteiger partial charge is 0.374 e. The Kier molecular flexibility index (Phi) is 9.77. The number of amides is 3. The van der Waals surface area contributed by atoms with Gasteiger partial charge < -0.3 is 21.1 Å². The number of hydrogen-bond acceptors (Lipinski definition) is 5. The van der Waals surface area contributed by atoms with Crippen LogP contribution in [0.2, 0.25) is 0 Å². The highest BCUT2D eigenvalue weighted by atomic mass is 19.2. The summed E-state index contributed by atoms with van der Waals surface area (Å²) < 4.78 is 119. The van der Waals surface area contributed by atoms with Crippen molar-refractivity contribution in [2.75, 3.05) is 0 Å². The van der Waals surface area contributed by atoms with Crippen LogP contribution in [0.3, 0.4) is 0 Å². The fourth-order valence-electron chi connectivity index (χ4n) is 4.85. The van der Waals surface area contributed by atoms with Gasteiger partial charge in [0.1, 0.15) is 6.23 Å². The highest BCUT2D eigenvalue weighted by Crippen LogP contribution is 2.27. The summed E-state index contributed by atoms with van der Waals surface area (Å²) in [6, 6.07) is 9.19. The first-order chi connectivity index (χ1) is 22.8. The van der Waals surface area contributed by atoms with E-state index in [-0.39, 0.29) is 22.3 Å². The van der Waals surface area contributed by atoms with Crippen LogP contribution in [0.5, 0.6) is 0 Å². The van der Waals surface area contributed by atoms with Crippen molar-refractivity contribution < 1.29 is 54.6 Å². The monoisotopic (exact) mass is 678 g/mol. The fourth-order valence-corrected chi connectivity index (χ4v) is 4.85. The molecular weight excluding hydrogens is 656 g/mol. The van der Waals surface area contributed by atoms with Gasteiger partial charge >= 0.3 is 0 Å². The molecule has 8 bridgehead atoms. The second kappa shape index (κ2) is 13.8. The summed E-state index contributed by atoms with van der Waals surface area (Å²) in [7, 11) is 0. The molecule has 0 aliphatic carbocycles. The highest BCUT2D eigenvalue weighted by molar-refractivity contribution is 5.99. The molecule has 1 atom stereocenters. The molecule has 1 unspecified atom stereocenters. The Hall–Kier alpha value is -5.35. The lowest BCUT2D eigenvalue weighted by atomic mass is 10.1. The Labute approximate surface area is 265 Å². The van der Waals surface area contributed by atoms with Gasteiger partial charge in [0.2, 0.25) is 0 Å². The first-order valence-corrected chi connectivity index (χ1v) is 13.9. The normalized spacial score (nSPS) is 16.0. The van der Waals surface area contributed by atoms with Crippen LogP contribution in [0.25, 0.3) is 0 Å². The van der Waals surface area contributed by atoms with Crippen molar-refractivity contribution in [3.05, 3.63) is 140 Å². The summed E-state index contributed by atoms with van der Waals surface area (Å²) in [6.45, 7) is -4.10. The number of carbonyl (C=O) groups is 3. The zero-order valence-electron chi connectivity index (χ0n) is 24.2. The van der Waals surface area contributed by atoms with Crippen molar-refractivity contribution in [2.45, 2.75) is 32.4 Å². The summed E-state index contributed by atoms with van der Waals surface area (Å²) in [5.41, 5.74) is -5.59. The van der Waals surface area contributed by atoms with E-state index in [2.05, 4.69) is 21.3 Å². The van der Waals surface area contributed by atoms with Gasteiger partial charge in [-0.05, 0) is 35.9 Å². The lowest BCUT2D eigenvalue weighted by molar-refractivity contribution is 0.0937. The maximum Gasteiger partial charge on any atom is 0.251 e. The summed E-state index contributed by atoms with van der Waals surface area (Å²) in [5, 5.41) is 19.0. The van der Waals surface area contributed by atoms with E-state index >= 15 is 0 Å². The minimum atomic E-state index is -1.84. The molecule has 16 heteroatoms. The van der Waals surface area contributed by atoms with Crippen molar-refractivity contribution in [3.63, 3.8) is 0 Å².